The van der Waals surface area contributed by atoms with Crippen LogP contribution < -0.4 is 19.5 Å². The van der Waals surface area contributed by atoms with Crippen LogP contribution in [0.2, 0.25) is 0 Å². The fourth-order valence-corrected chi connectivity index (χ4v) is 4.13. The Bertz CT molecular complexity index is 1230. The first-order chi connectivity index (χ1) is 16.3. The summed E-state index contributed by atoms with van der Waals surface area (Å²) in [6.45, 7) is 0.280. The Balaban J connectivity index is 1.29. The number of hydrogen-bond acceptors (Lipinski definition) is 6. The molecule has 11 heteroatoms. The molecule has 2 aliphatic heterocycles. The highest BCUT2D eigenvalue weighted by molar-refractivity contribution is 5.92. The molecule has 2 aromatic heterocycles. The molecule has 2 aliphatic rings. The molecule has 3 aromatic rings. The maximum atomic E-state index is 13.0. The third-order valence-corrected chi connectivity index (χ3v) is 5.78. The number of ether oxygens (including phenoxy) is 3. The Morgan fingerprint density at radius 2 is 2.12 bits per heavy atom. The van der Waals surface area contributed by atoms with Gasteiger partial charge < -0.3 is 19.5 Å². The second-order valence-corrected chi connectivity index (χ2v) is 8.10. The molecule has 1 unspecified atom stereocenters. The van der Waals surface area contributed by atoms with Crippen molar-refractivity contribution in [2.75, 3.05) is 13.7 Å². The molecule has 34 heavy (non-hydrogen) atoms. The molecule has 1 aromatic carbocycles. The fraction of sp³-hybridized carbons (Fsp3) is 0.348. The molecule has 0 fully saturated rings. The van der Waals surface area contributed by atoms with E-state index in [1.165, 1.54) is 10.7 Å². The highest BCUT2D eigenvalue weighted by Crippen LogP contribution is 2.34. The molecule has 0 saturated heterocycles. The number of fused-ring (bicyclic) bond motifs is 2. The van der Waals surface area contributed by atoms with Crippen LogP contribution in [-0.4, -0.2) is 52.7 Å². The largest absolute Gasteiger partial charge is 0.491 e. The number of nitrogens with one attached hydrogen (secondary N) is 1. The molecule has 0 radical (unpaired) electrons. The van der Waals surface area contributed by atoms with Gasteiger partial charge in [0.15, 0.2) is 11.8 Å². The number of aryl methyl sites for hydroxylation is 1. The molecule has 0 spiro atoms. The highest BCUT2D eigenvalue weighted by atomic mass is 19.4. The van der Waals surface area contributed by atoms with E-state index >= 15 is 0 Å². The van der Waals surface area contributed by atoms with Crippen LogP contribution in [0.25, 0.3) is 11.1 Å². The molecule has 178 valence electrons. The number of rotatable bonds is 4. The average Bonchev–Trinajstić information content (AvgIpc) is 3.27. The number of carbonyl (C=O) groups excluding carboxylic acids is 1. The summed E-state index contributed by atoms with van der Waals surface area (Å²) in [5.41, 5.74) is 2.63. The zero-order chi connectivity index (χ0) is 23.9. The smallest absolute Gasteiger partial charge is 0.425 e. The number of aromatic nitrogens is 3. The molecule has 8 nitrogen and oxygen atoms in total. The first-order valence-corrected chi connectivity index (χ1v) is 10.7. The van der Waals surface area contributed by atoms with Crippen LogP contribution in [0.5, 0.6) is 17.5 Å². The minimum absolute atomic E-state index is 0.00234. The van der Waals surface area contributed by atoms with Crippen molar-refractivity contribution < 1.29 is 32.2 Å². The number of alkyl halides is 3. The Morgan fingerprint density at radius 1 is 1.26 bits per heavy atom. The number of methoxy groups -OCH3 is 1. The van der Waals surface area contributed by atoms with Crippen LogP contribution in [-0.2, 0) is 13.0 Å². The van der Waals surface area contributed by atoms with Crippen LogP contribution in [0.15, 0.2) is 42.6 Å². The van der Waals surface area contributed by atoms with Gasteiger partial charge in [-0.05, 0) is 41.8 Å². The van der Waals surface area contributed by atoms with E-state index in [9.17, 15) is 18.0 Å². The van der Waals surface area contributed by atoms with Gasteiger partial charge in [0.05, 0.1) is 13.2 Å². The predicted molar refractivity (Wildman–Crippen MR) is 114 cm³/mol. The van der Waals surface area contributed by atoms with Crippen molar-refractivity contribution in [3.63, 3.8) is 0 Å². The quantitative estimate of drug-likeness (QED) is 0.624. The lowest BCUT2D eigenvalue weighted by Crippen LogP contribution is -2.42. The van der Waals surface area contributed by atoms with Crippen molar-refractivity contribution in [1.82, 2.24) is 20.1 Å². The number of pyridine rings is 1. The number of halogens is 3. The van der Waals surface area contributed by atoms with E-state index in [4.69, 9.17) is 14.2 Å². The summed E-state index contributed by atoms with van der Waals surface area (Å²) in [6, 6.07) is 10.4. The van der Waals surface area contributed by atoms with E-state index < -0.39 is 18.2 Å². The van der Waals surface area contributed by atoms with Crippen LogP contribution >= 0.6 is 0 Å². The first kappa shape index (κ1) is 22.1. The normalized spacial score (nSPS) is 19.3. The summed E-state index contributed by atoms with van der Waals surface area (Å²) in [4.78, 5) is 17.0. The maximum Gasteiger partial charge on any atom is 0.425 e. The Morgan fingerprint density at radius 3 is 2.91 bits per heavy atom. The van der Waals surface area contributed by atoms with Crippen LogP contribution in [0.1, 0.15) is 22.5 Å². The number of hydrogen-bond donors (Lipinski definition) is 1. The van der Waals surface area contributed by atoms with E-state index in [0.717, 1.165) is 22.4 Å². The Labute approximate surface area is 192 Å². The first-order valence-electron chi connectivity index (χ1n) is 10.7. The van der Waals surface area contributed by atoms with E-state index in [-0.39, 0.29) is 37.2 Å². The average molecular weight is 474 g/mol. The lowest BCUT2D eigenvalue weighted by atomic mass is 9.97. The number of nitrogens with zero attached hydrogens (tertiary/aromatic N) is 3. The summed E-state index contributed by atoms with van der Waals surface area (Å²) in [7, 11) is 1.56. The van der Waals surface area contributed by atoms with Gasteiger partial charge in [0.25, 0.3) is 5.91 Å². The molecule has 0 bridgehead atoms. The molecule has 2 atom stereocenters. The zero-order valence-corrected chi connectivity index (χ0v) is 18.1. The molecule has 5 rings (SSSR count). The SMILES string of the molecule is COc1ncccc1-c1ccc2c(c1)C[C@@H](NC(=O)c1cc3n(n1)CCC(C(F)(F)F)O3)CO2. The topological polar surface area (TPSA) is 87.5 Å². The number of benzene rings is 1. The van der Waals surface area contributed by atoms with Gasteiger partial charge in [-0.15, -0.1) is 0 Å². The molecule has 1 amide bonds. The standard InChI is InChI=1S/C23H21F3N4O4/c1-32-22-16(3-2-7-27-22)13-4-5-18-14(9-13)10-15(12-33-18)28-21(31)17-11-20-30(29-17)8-6-19(34-20)23(24,25)26/h2-5,7,9,11,15,19H,6,8,10,12H2,1H3,(H,28,31)/t15-,19?/m1/s1. The summed E-state index contributed by atoms with van der Waals surface area (Å²) in [5, 5.41) is 6.95. The second kappa shape index (κ2) is 8.54. The Hall–Kier alpha value is -3.76. The van der Waals surface area contributed by atoms with Crippen molar-refractivity contribution in [2.24, 2.45) is 0 Å². The van der Waals surface area contributed by atoms with Crippen LogP contribution in [0.4, 0.5) is 13.2 Å². The van der Waals surface area contributed by atoms with Gasteiger partial charge >= 0.3 is 6.18 Å². The fourth-order valence-electron chi connectivity index (χ4n) is 4.13. The molecule has 1 N–H and O–H groups in total. The van der Waals surface area contributed by atoms with Gasteiger partial charge in [-0.25, -0.2) is 9.67 Å². The lowest BCUT2D eigenvalue weighted by Gasteiger charge is -2.26. The lowest BCUT2D eigenvalue weighted by molar-refractivity contribution is -0.203. The third kappa shape index (κ3) is 4.25. The van der Waals surface area contributed by atoms with Crippen molar-refractivity contribution in [3.05, 3.63) is 53.9 Å². The Kier molecular flexibility index (Phi) is 5.54. The predicted octanol–water partition coefficient (Wildman–Crippen LogP) is 3.40. The van der Waals surface area contributed by atoms with E-state index in [2.05, 4.69) is 15.4 Å². The summed E-state index contributed by atoms with van der Waals surface area (Å²) in [5.74, 6) is 0.652. The number of amides is 1. The molecule has 4 heterocycles. The second-order valence-electron chi connectivity index (χ2n) is 8.10. The molecular formula is C23H21F3N4O4. The number of carbonyl (C=O) groups is 1. The summed E-state index contributed by atoms with van der Waals surface area (Å²) in [6.07, 6.45) is -4.46. The van der Waals surface area contributed by atoms with Crippen molar-refractivity contribution >= 4 is 5.91 Å². The zero-order valence-electron chi connectivity index (χ0n) is 18.1. The third-order valence-electron chi connectivity index (χ3n) is 5.78. The maximum absolute atomic E-state index is 13.0. The molecule has 0 aliphatic carbocycles. The van der Waals surface area contributed by atoms with Crippen molar-refractivity contribution in [1.29, 1.82) is 0 Å². The highest BCUT2D eigenvalue weighted by Gasteiger charge is 2.44. The van der Waals surface area contributed by atoms with Gasteiger partial charge in [0, 0.05) is 30.8 Å². The van der Waals surface area contributed by atoms with Gasteiger partial charge in [-0.3, -0.25) is 4.79 Å². The van der Waals surface area contributed by atoms with E-state index in [1.54, 1.807) is 13.3 Å². The minimum atomic E-state index is -4.47. The van der Waals surface area contributed by atoms with Gasteiger partial charge in [-0.1, -0.05) is 6.07 Å². The van der Waals surface area contributed by atoms with E-state index in [1.807, 2.05) is 30.3 Å². The summed E-state index contributed by atoms with van der Waals surface area (Å²) < 4.78 is 56.3. The van der Waals surface area contributed by atoms with Crippen molar-refractivity contribution in [2.45, 2.75) is 37.7 Å². The van der Waals surface area contributed by atoms with Crippen LogP contribution in [0.3, 0.4) is 0 Å². The van der Waals surface area contributed by atoms with Gasteiger partial charge in [0.2, 0.25) is 11.8 Å². The van der Waals surface area contributed by atoms with Crippen molar-refractivity contribution in [3.8, 4) is 28.6 Å². The van der Waals surface area contributed by atoms with Crippen LogP contribution in [0, 0.1) is 0 Å². The molecular weight excluding hydrogens is 453 g/mol. The minimum Gasteiger partial charge on any atom is -0.491 e. The van der Waals surface area contributed by atoms with E-state index in [0.29, 0.717) is 12.3 Å². The monoisotopic (exact) mass is 474 g/mol. The molecule has 0 saturated carbocycles. The summed E-state index contributed by atoms with van der Waals surface area (Å²) >= 11 is 0. The van der Waals surface area contributed by atoms with Gasteiger partial charge in [-0.2, -0.15) is 18.3 Å². The van der Waals surface area contributed by atoms with Gasteiger partial charge in [0.1, 0.15) is 12.4 Å².